The van der Waals surface area contributed by atoms with E-state index in [1.54, 1.807) is 36.4 Å². The largest absolute Gasteiger partial charge is 0.465 e. The molecule has 1 aliphatic heterocycles. The van der Waals surface area contributed by atoms with Gasteiger partial charge in [0.25, 0.3) is 0 Å². The molecule has 0 saturated carbocycles. The lowest BCUT2D eigenvalue weighted by Crippen LogP contribution is -2.16. The quantitative estimate of drug-likeness (QED) is 0.502. The van der Waals surface area contributed by atoms with Gasteiger partial charge in [0, 0.05) is 10.8 Å². The molecular weight excluding hydrogens is 336 g/mol. The Morgan fingerprint density at radius 2 is 1.19 bits per heavy atom. The van der Waals surface area contributed by atoms with Crippen LogP contribution in [-0.2, 0) is 9.47 Å². The Labute approximate surface area is 148 Å². The lowest BCUT2D eigenvalue weighted by molar-refractivity contribution is 0.0553. The zero-order chi connectivity index (χ0) is 18.3. The van der Waals surface area contributed by atoms with Crippen LogP contribution in [0.4, 0.5) is 0 Å². The molecule has 1 aliphatic rings. The van der Waals surface area contributed by atoms with Gasteiger partial charge in [-0.1, -0.05) is 36.4 Å². The molecule has 0 atom stereocenters. The summed E-state index contributed by atoms with van der Waals surface area (Å²) in [6.45, 7) is 0. The summed E-state index contributed by atoms with van der Waals surface area (Å²) in [6, 6.07) is 14.2. The van der Waals surface area contributed by atoms with Gasteiger partial charge in [-0.05, 0) is 12.1 Å². The van der Waals surface area contributed by atoms with Gasteiger partial charge in [0.15, 0.2) is 23.0 Å². The van der Waals surface area contributed by atoms with Gasteiger partial charge in [-0.15, -0.1) is 0 Å². The normalized spacial score (nSPS) is 11.6. The van der Waals surface area contributed by atoms with Crippen LogP contribution in [0.25, 0.3) is 10.8 Å². The van der Waals surface area contributed by atoms with Crippen LogP contribution in [0.15, 0.2) is 48.5 Å². The SMILES string of the molecule is COC(=O)c1c2c(c3ccccc3c1C(=O)OC)Oc1ccccc1O2. The number of para-hydroxylation sites is 2. The van der Waals surface area contributed by atoms with E-state index in [9.17, 15) is 9.59 Å². The minimum atomic E-state index is -0.713. The van der Waals surface area contributed by atoms with Crippen LogP contribution in [0.5, 0.6) is 23.0 Å². The standard InChI is InChI=1S/C20H14O6/c1-23-19(21)15-11-7-3-4-8-12(11)17-18(16(15)20(22)24-2)26-14-10-6-5-9-13(14)25-17/h3-10H,1-2H3. The number of hydrogen-bond donors (Lipinski definition) is 0. The van der Waals surface area contributed by atoms with Crippen LogP contribution < -0.4 is 9.47 Å². The van der Waals surface area contributed by atoms with E-state index in [1.807, 2.05) is 12.1 Å². The third kappa shape index (κ3) is 2.27. The number of esters is 2. The van der Waals surface area contributed by atoms with Gasteiger partial charge in [0.05, 0.1) is 19.8 Å². The van der Waals surface area contributed by atoms with E-state index >= 15 is 0 Å². The van der Waals surface area contributed by atoms with E-state index in [0.29, 0.717) is 28.0 Å². The zero-order valence-corrected chi connectivity index (χ0v) is 14.1. The molecule has 0 N–H and O–H groups in total. The van der Waals surface area contributed by atoms with Crippen molar-refractivity contribution in [2.24, 2.45) is 0 Å². The molecule has 3 aromatic carbocycles. The monoisotopic (exact) mass is 350 g/mol. The molecule has 0 spiro atoms. The molecule has 6 heteroatoms. The Morgan fingerprint density at radius 3 is 1.81 bits per heavy atom. The second-order valence-electron chi connectivity index (χ2n) is 5.59. The maximum absolute atomic E-state index is 12.5. The first kappa shape index (κ1) is 16.0. The number of rotatable bonds is 2. The highest BCUT2D eigenvalue weighted by atomic mass is 16.6. The smallest absolute Gasteiger partial charge is 0.342 e. The Morgan fingerprint density at radius 1 is 0.692 bits per heavy atom. The minimum Gasteiger partial charge on any atom is -0.465 e. The lowest BCUT2D eigenvalue weighted by Gasteiger charge is -2.25. The number of methoxy groups -OCH3 is 2. The van der Waals surface area contributed by atoms with Gasteiger partial charge in [0.2, 0.25) is 0 Å². The van der Waals surface area contributed by atoms with E-state index in [2.05, 4.69) is 0 Å². The Balaban J connectivity index is 2.12. The van der Waals surface area contributed by atoms with Gasteiger partial charge in [-0.3, -0.25) is 0 Å². The van der Waals surface area contributed by atoms with Crippen molar-refractivity contribution in [2.45, 2.75) is 0 Å². The zero-order valence-electron chi connectivity index (χ0n) is 14.1. The topological polar surface area (TPSA) is 71.1 Å². The first-order valence-electron chi connectivity index (χ1n) is 7.85. The highest BCUT2D eigenvalue weighted by molar-refractivity contribution is 6.16. The second-order valence-corrected chi connectivity index (χ2v) is 5.59. The molecule has 6 nitrogen and oxygen atoms in total. The van der Waals surface area contributed by atoms with E-state index in [-0.39, 0.29) is 16.9 Å². The number of carbonyl (C=O) groups is 2. The molecule has 130 valence electrons. The summed E-state index contributed by atoms with van der Waals surface area (Å²) >= 11 is 0. The summed E-state index contributed by atoms with van der Waals surface area (Å²) in [5, 5.41) is 1.14. The van der Waals surface area contributed by atoms with Crippen molar-refractivity contribution >= 4 is 22.7 Å². The molecule has 0 bridgehead atoms. The molecule has 3 aromatic rings. The lowest BCUT2D eigenvalue weighted by atomic mass is 9.96. The fraction of sp³-hybridized carbons (Fsp3) is 0.100. The Bertz CT molecular complexity index is 1050. The van der Waals surface area contributed by atoms with Crippen molar-refractivity contribution in [1.82, 2.24) is 0 Å². The van der Waals surface area contributed by atoms with Crippen molar-refractivity contribution in [3.63, 3.8) is 0 Å². The number of benzene rings is 3. The Kier molecular flexibility index (Phi) is 3.73. The van der Waals surface area contributed by atoms with Gasteiger partial charge >= 0.3 is 11.9 Å². The fourth-order valence-corrected chi connectivity index (χ4v) is 3.03. The van der Waals surface area contributed by atoms with Crippen LogP contribution in [0.3, 0.4) is 0 Å². The molecule has 0 unspecified atom stereocenters. The molecule has 1 heterocycles. The van der Waals surface area contributed by atoms with Crippen molar-refractivity contribution in [3.05, 3.63) is 59.7 Å². The van der Waals surface area contributed by atoms with Gasteiger partial charge < -0.3 is 18.9 Å². The highest BCUT2D eigenvalue weighted by Crippen LogP contribution is 2.51. The van der Waals surface area contributed by atoms with E-state index in [1.165, 1.54) is 14.2 Å². The van der Waals surface area contributed by atoms with Crippen molar-refractivity contribution < 1.29 is 28.5 Å². The highest BCUT2D eigenvalue weighted by Gasteiger charge is 2.34. The summed E-state index contributed by atoms with van der Waals surface area (Å²) in [4.78, 5) is 25.0. The average molecular weight is 350 g/mol. The maximum Gasteiger partial charge on any atom is 0.342 e. The van der Waals surface area contributed by atoms with Crippen molar-refractivity contribution in [3.8, 4) is 23.0 Å². The minimum absolute atomic E-state index is 0.0254. The molecule has 0 fully saturated rings. The molecule has 0 aliphatic carbocycles. The van der Waals surface area contributed by atoms with Crippen molar-refractivity contribution in [2.75, 3.05) is 14.2 Å². The number of carbonyl (C=O) groups excluding carboxylic acids is 2. The van der Waals surface area contributed by atoms with Crippen LogP contribution in [0.2, 0.25) is 0 Å². The first-order valence-corrected chi connectivity index (χ1v) is 7.85. The second kappa shape index (κ2) is 6.07. The number of ether oxygens (including phenoxy) is 4. The molecule has 4 rings (SSSR count). The average Bonchev–Trinajstić information content (AvgIpc) is 2.70. The summed E-state index contributed by atoms with van der Waals surface area (Å²) in [7, 11) is 2.49. The molecule has 26 heavy (non-hydrogen) atoms. The summed E-state index contributed by atoms with van der Waals surface area (Å²) in [5.74, 6) is 0.0762. The first-order chi connectivity index (χ1) is 12.7. The third-order valence-corrected chi connectivity index (χ3v) is 4.18. The summed E-state index contributed by atoms with van der Waals surface area (Å²) in [6.07, 6.45) is 0. The summed E-state index contributed by atoms with van der Waals surface area (Å²) in [5.41, 5.74) is 0.0548. The Hall–Kier alpha value is -3.54. The van der Waals surface area contributed by atoms with Crippen molar-refractivity contribution in [1.29, 1.82) is 0 Å². The van der Waals surface area contributed by atoms with E-state index in [4.69, 9.17) is 18.9 Å². The van der Waals surface area contributed by atoms with Crippen LogP contribution >= 0.6 is 0 Å². The van der Waals surface area contributed by atoms with E-state index < -0.39 is 11.9 Å². The molecule has 0 radical (unpaired) electrons. The van der Waals surface area contributed by atoms with Gasteiger partial charge in [0.1, 0.15) is 5.56 Å². The molecule has 0 amide bonds. The van der Waals surface area contributed by atoms with Gasteiger partial charge in [-0.25, -0.2) is 9.59 Å². The van der Waals surface area contributed by atoms with Crippen LogP contribution in [0, 0.1) is 0 Å². The number of hydrogen-bond acceptors (Lipinski definition) is 6. The predicted molar refractivity (Wildman–Crippen MR) is 93.2 cm³/mol. The van der Waals surface area contributed by atoms with Crippen LogP contribution in [0.1, 0.15) is 20.7 Å². The third-order valence-electron chi connectivity index (χ3n) is 4.18. The molecule has 0 aromatic heterocycles. The van der Waals surface area contributed by atoms with Gasteiger partial charge in [-0.2, -0.15) is 0 Å². The van der Waals surface area contributed by atoms with E-state index in [0.717, 1.165) is 0 Å². The predicted octanol–water partition coefficient (Wildman–Crippen LogP) is 4.31. The summed E-state index contributed by atoms with van der Waals surface area (Å²) < 4.78 is 21.7. The number of fused-ring (bicyclic) bond motifs is 4. The fourth-order valence-electron chi connectivity index (χ4n) is 3.03. The molecular formula is C20H14O6. The molecule has 0 saturated heterocycles. The maximum atomic E-state index is 12.5. The van der Waals surface area contributed by atoms with Crippen LogP contribution in [-0.4, -0.2) is 26.2 Å².